The van der Waals surface area contributed by atoms with Crippen LogP contribution in [0.2, 0.25) is 0 Å². The third-order valence-corrected chi connectivity index (χ3v) is 3.95. The molecule has 0 amide bonds. The Morgan fingerprint density at radius 3 is 2.59 bits per heavy atom. The van der Waals surface area contributed by atoms with Crippen LogP contribution in [0.15, 0.2) is 23.1 Å². The lowest BCUT2D eigenvalue weighted by Gasteiger charge is -2.16. The summed E-state index contributed by atoms with van der Waals surface area (Å²) in [6, 6.07) is 5.26. The van der Waals surface area contributed by atoms with Crippen molar-refractivity contribution in [3.05, 3.63) is 29.6 Å². The molecule has 1 atom stereocenters. The Morgan fingerprint density at radius 1 is 1.29 bits per heavy atom. The minimum atomic E-state index is -0.157. The number of hydrogen-bond donors (Lipinski definition) is 1. The van der Waals surface area contributed by atoms with Crippen LogP contribution in [0.3, 0.4) is 0 Å². The average molecular weight is 255 g/mol. The van der Waals surface area contributed by atoms with Crippen molar-refractivity contribution in [3.63, 3.8) is 0 Å². The molecule has 0 spiro atoms. The molecule has 0 aliphatic heterocycles. The third kappa shape index (κ3) is 4.68. The van der Waals surface area contributed by atoms with Crippen molar-refractivity contribution < 1.29 is 4.39 Å². The van der Waals surface area contributed by atoms with E-state index in [4.69, 9.17) is 0 Å². The van der Waals surface area contributed by atoms with Crippen molar-refractivity contribution >= 4 is 11.8 Å². The Hall–Kier alpha value is -0.540. The van der Waals surface area contributed by atoms with E-state index in [9.17, 15) is 4.39 Å². The van der Waals surface area contributed by atoms with Gasteiger partial charge in [-0.2, -0.15) is 0 Å². The predicted octanol–water partition coefficient (Wildman–Crippen LogP) is 4.24. The Kier molecular flexibility index (Phi) is 6.00. The molecule has 0 aliphatic rings. The van der Waals surface area contributed by atoms with E-state index in [1.807, 2.05) is 24.9 Å². The van der Waals surface area contributed by atoms with E-state index in [1.165, 1.54) is 11.3 Å². The topological polar surface area (TPSA) is 12.0 Å². The lowest BCUT2D eigenvalue weighted by molar-refractivity contribution is 0.601. The van der Waals surface area contributed by atoms with E-state index < -0.39 is 0 Å². The molecule has 0 fully saturated rings. The second-order valence-electron chi connectivity index (χ2n) is 4.72. The molecule has 1 aromatic carbocycles. The Morgan fingerprint density at radius 2 is 2.00 bits per heavy atom. The maximum atomic E-state index is 13.3. The summed E-state index contributed by atoms with van der Waals surface area (Å²) in [5, 5.41) is 3.17. The number of thioether (sulfide) groups is 1. The highest BCUT2D eigenvalue weighted by molar-refractivity contribution is 7.99. The van der Waals surface area contributed by atoms with E-state index in [0.717, 1.165) is 11.3 Å². The van der Waals surface area contributed by atoms with Gasteiger partial charge in [0.25, 0.3) is 0 Å². The van der Waals surface area contributed by atoms with Gasteiger partial charge in [0, 0.05) is 10.9 Å². The van der Waals surface area contributed by atoms with Crippen LogP contribution in [-0.4, -0.2) is 12.8 Å². The van der Waals surface area contributed by atoms with Crippen molar-refractivity contribution in [2.45, 2.75) is 38.1 Å². The molecule has 0 saturated heterocycles. The molecule has 0 heterocycles. The highest BCUT2D eigenvalue weighted by atomic mass is 32.2. The molecule has 0 aromatic heterocycles. The Balaban J connectivity index is 2.76. The second-order valence-corrected chi connectivity index (χ2v) is 5.86. The molecular formula is C14H22FNS. The van der Waals surface area contributed by atoms with E-state index in [0.29, 0.717) is 5.92 Å². The van der Waals surface area contributed by atoms with E-state index in [2.05, 4.69) is 26.1 Å². The first-order chi connectivity index (χ1) is 8.04. The van der Waals surface area contributed by atoms with Crippen LogP contribution >= 0.6 is 11.8 Å². The van der Waals surface area contributed by atoms with E-state index in [-0.39, 0.29) is 11.9 Å². The summed E-state index contributed by atoms with van der Waals surface area (Å²) in [6.07, 6.45) is 1.19. The van der Waals surface area contributed by atoms with E-state index in [1.54, 1.807) is 12.1 Å². The molecule has 1 nitrogen and oxygen atoms in total. The fraction of sp³-hybridized carbons (Fsp3) is 0.571. The normalized spacial score (nSPS) is 13.1. The fourth-order valence-corrected chi connectivity index (χ4v) is 2.93. The number of halogens is 1. The summed E-state index contributed by atoms with van der Waals surface area (Å²) >= 11 is 1.82. The molecule has 0 aliphatic carbocycles. The summed E-state index contributed by atoms with van der Waals surface area (Å²) < 4.78 is 13.3. The van der Waals surface area contributed by atoms with Gasteiger partial charge in [-0.3, -0.25) is 0 Å². The molecule has 3 heteroatoms. The standard InChI is InChI=1S/C14H22FNS/c1-10(2)7-8-17-14-6-5-12(15)9-13(14)11(3)16-4/h5-6,9-11,16H,7-8H2,1-4H3. The summed E-state index contributed by atoms with van der Waals surface area (Å²) in [5.74, 6) is 1.65. The SMILES string of the molecule is CNC(C)c1cc(F)ccc1SCCC(C)C. The third-order valence-electron chi connectivity index (χ3n) is 2.82. The largest absolute Gasteiger partial charge is 0.313 e. The Bertz CT molecular complexity index is 352. The van der Waals surface area contributed by atoms with Crippen LogP contribution in [0.25, 0.3) is 0 Å². The summed E-state index contributed by atoms with van der Waals surface area (Å²) in [7, 11) is 1.90. The van der Waals surface area contributed by atoms with Gasteiger partial charge in [0.05, 0.1) is 0 Å². The molecule has 96 valence electrons. The van der Waals surface area contributed by atoms with Crippen LogP contribution < -0.4 is 5.32 Å². The second kappa shape index (κ2) is 7.02. The van der Waals surface area contributed by atoms with Gasteiger partial charge >= 0.3 is 0 Å². The first kappa shape index (κ1) is 14.5. The number of benzene rings is 1. The van der Waals surface area contributed by atoms with Crippen LogP contribution in [0.1, 0.15) is 38.8 Å². The van der Waals surface area contributed by atoms with Crippen molar-refractivity contribution in [2.24, 2.45) is 5.92 Å². The maximum absolute atomic E-state index is 13.3. The summed E-state index contributed by atoms with van der Waals surface area (Å²) in [4.78, 5) is 1.19. The van der Waals surface area contributed by atoms with Gasteiger partial charge in [0.1, 0.15) is 5.82 Å². The average Bonchev–Trinajstić information content (AvgIpc) is 2.29. The highest BCUT2D eigenvalue weighted by Crippen LogP contribution is 2.29. The quantitative estimate of drug-likeness (QED) is 0.763. The fourth-order valence-electron chi connectivity index (χ4n) is 1.55. The van der Waals surface area contributed by atoms with Gasteiger partial charge in [0.2, 0.25) is 0 Å². The van der Waals surface area contributed by atoms with Crippen LogP contribution in [0.4, 0.5) is 4.39 Å². The van der Waals surface area contributed by atoms with E-state index >= 15 is 0 Å². The number of nitrogens with one attached hydrogen (secondary N) is 1. The van der Waals surface area contributed by atoms with Gasteiger partial charge in [0.15, 0.2) is 0 Å². The lowest BCUT2D eigenvalue weighted by atomic mass is 10.1. The highest BCUT2D eigenvalue weighted by Gasteiger charge is 2.10. The lowest BCUT2D eigenvalue weighted by Crippen LogP contribution is -2.13. The molecule has 1 N–H and O–H groups in total. The predicted molar refractivity (Wildman–Crippen MR) is 74.1 cm³/mol. The van der Waals surface area contributed by atoms with Gasteiger partial charge in [-0.15, -0.1) is 11.8 Å². The Labute approximate surface area is 108 Å². The molecule has 17 heavy (non-hydrogen) atoms. The number of hydrogen-bond acceptors (Lipinski definition) is 2. The smallest absolute Gasteiger partial charge is 0.123 e. The minimum absolute atomic E-state index is 0.157. The molecule has 1 rings (SSSR count). The van der Waals surface area contributed by atoms with Gasteiger partial charge < -0.3 is 5.32 Å². The number of rotatable bonds is 6. The first-order valence-corrected chi connectivity index (χ1v) is 7.12. The summed E-state index contributed by atoms with van der Waals surface area (Å²) in [6.45, 7) is 6.51. The van der Waals surface area contributed by atoms with Crippen LogP contribution in [0.5, 0.6) is 0 Å². The molecular weight excluding hydrogens is 233 g/mol. The molecule has 0 radical (unpaired) electrons. The maximum Gasteiger partial charge on any atom is 0.123 e. The zero-order valence-electron chi connectivity index (χ0n) is 11.1. The summed E-state index contributed by atoms with van der Waals surface area (Å²) in [5.41, 5.74) is 1.06. The van der Waals surface area contributed by atoms with Crippen molar-refractivity contribution in [1.29, 1.82) is 0 Å². The van der Waals surface area contributed by atoms with Gasteiger partial charge in [-0.05, 0) is 55.8 Å². The minimum Gasteiger partial charge on any atom is -0.313 e. The molecule has 0 saturated carbocycles. The molecule has 0 bridgehead atoms. The zero-order valence-corrected chi connectivity index (χ0v) is 11.9. The van der Waals surface area contributed by atoms with Gasteiger partial charge in [-0.1, -0.05) is 13.8 Å². The van der Waals surface area contributed by atoms with Crippen molar-refractivity contribution in [3.8, 4) is 0 Å². The molecule has 1 aromatic rings. The molecule has 1 unspecified atom stereocenters. The van der Waals surface area contributed by atoms with Crippen LogP contribution in [0, 0.1) is 11.7 Å². The van der Waals surface area contributed by atoms with Crippen molar-refractivity contribution in [1.82, 2.24) is 5.32 Å². The monoisotopic (exact) mass is 255 g/mol. The van der Waals surface area contributed by atoms with Gasteiger partial charge in [-0.25, -0.2) is 4.39 Å². The van der Waals surface area contributed by atoms with Crippen LogP contribution in [-0.2, 0) is 0 Å². The van der Waals surface area contributed by atoms with Crippen molar-refractivity contribution in [2.75, 3.05) is 12.8 Å². The zero-order chi connectivity index (χ0) is 12.8. The first-order valence-electron chi connectivity index (χ1n) is 6.14.